The monoisotopic (exact) mass is 1700 g/mol. The molecule has 0 aliphatic heterocycles. The molecule has 4 atom stereocenters. The van der Waals surface area contributed by atoms with Crippen LogP contribution in [0, 0.1) is 0 Å². The van der Waals surface area contributed by atoms with E-state index in [1.807, 2.05) is 0 Å². The zero-order valence-corrected chi connectivity index (χ0v) is 59.9. The molecular formula is C33H89Co2N17O4Rh4S12+6. The summed E-state index contributed by atoms with van der Waals surface area (Å²) in [7, 11) is 7.64. The zero-order chi connectivity index (χ0) is 55.6. The molecule has 0 spiro atoms. The molecule has 0 heterocycles. The van der Waals surface area contributed by atoms with Crippen LogP contribution in [0.3, 0.4) is 0 Å². The van der Waals surface area contributed by atoms with Crippen LogP contribution in [-0.4, -0.2) is 204 Å². The van der Waals surface area contributed by atoms with Crippen molar-refractivity contribution in [2.45, 2.75) is 24.2 Å². The van der Waals surface area contributed by atoms with E-state index in [2.05, 4.69) is 179 Å². The zero-order valence-electron chi connectivity index (χ0n) is 41.5. The third kappa shape index (κ3) is 203. The number of hydrogen-bond acceptors (Lipinski definition) is 29. The van der Waals surface area contributed by atoms with Gasteiger partial charge in [-0.1, -0.05) is 0 Å². The van der Waals surface area contributed by atoms with Crippen molar-refractivity contribution in [3.8, 4) is 0 Å². The molecule has 0 aliphatic carbocycles. The first-order valence-corrected chi connectivity index (χ1v) is 26.2. The number of nitrogens with two attached hydrogens (primary N) is 13. The molecule has 0 bridgehead atoms. The maximum absolute atomic E-state index is 10.4. The van der Waals surface area contributed by atoms with Crippen LogP contribution in [0.15, 0.2) is 0 Å². The largest absolute Gasteiger partial charge is 3.00 e. The molecule has 0 aromatic rings. The molecule has 0 aromatic carbocycles. The third-order valence-corrected chi connectivity index (χ3v) is 7.32. The fourth-order valence-electron chi connectivity index (χ4n) is 1.04. The van der Waals surface area contributed by atoms with Gasteiger partial charge in [0.05, 0.1) is 24.2 Å². The first kappa shape index (κ1) is 132. The second-order valence-electron chi connectivity index (χ2n) is 9.49. The molecule has 39 heteroatoms. The summed E-state index contributed by atoms with van der Waals surface area (Å²) < 4.78 is 0. The second kappa shape index (κ2) is 152. The Morgan fingerprint density at radius 3 is 0.389 bits per heavy atom. The molecule has 450 valence electrons. The molecule has 72 heavy (non-hydrogen) atoms. The molecule has 4 amide bonds. The van der Waals surface area contributed by atoms with Crippen molar-refractivity contribution in [3.63, 3.8) is 0 Å². The van der Waals surface area contributed by atoms with Crippen molar-refractivity contribution in [2.24, 2.45) is 74.5 Å². The predicted octanol–water partition coefficient (Wildman–Crippen LogP) is -10.1. The maximum atomic E-state index is 10.4. The van der Waals surface area contributed by atoms with Gasteiger partial charge in [0.2, 0.25) is 23.6 Å². The van der Waals surface area contributed by atoms with E-state index < -0.39 is 24.2 Å². The standard InChI is InChI=1S/4C4H10N2OS.8C2H7NS.CH5N.2Co.4Rh/c4*1-6-4(7)3(5)2-8;8*3-1-2-4;1-2;;;;;;/h4*3,8H,2,5H2,1H3,(H,6,7);8*4H,1-3H2;2H2,1H3;;;;;;/q;;;;;;;;;;;;;6*+3/p-12/t4*3-;;;;;;;;;;;;;;;/m0000.............../s1. The van der Waals surface area contributed by atoms with E-state index in [0.29, 0.717) is 98.4 Å². The smallest absolute Gasteiger partial charge is 0.791 e. The van der Waals surface area contributed by atoms with Crippen LogP contribution in [0.2, 0.25) is 0 Å². The predicted molar refractivity (Wildman–Crippen MR) is 317 cm³/mol. The molecule has 0 radical (unpaired) electrons. The molecule has 0 fully saturated rings. The average molecular weight is 1700 g/mol. The Kier molecular flexibility index (Phi) is 280. The minimum atomic E-state index is -0.519. The van der Waals surface area contributed by atoms with Crippen LogP contribution in [0.1, 0.15) is 0 Å². The van der Waals surface area contributed by atoms with Crippen molar-refractivity contribution < 1.29 is 131 Å². The first-order valence-electron chi connectivity index (χ1n) is 19.2. The molecule has 0 aliphatic rings. The van der Waals surface area contributed by atoms with Gasteiger partial charge in [-0.15, -0.1) is 0 Å². The van der Waals surface area contributed by atoms with Crippen LogP contribution in [0.25, 0.3) is 0 Å². The summed E-state index contributed by atoms with van der Waals surface area (Å²) in [6.45, 7) is 5.07. The molecule has 0 saturated heterocycles. The van der Waals surface area contributed by atoms with E-state index in [-0.39, 0.29) is 158 Å². The van der Waals surface area contributed by atoms with Crippen LogP contribution in [0.4, 0.5) is 0 Å². The molecule has 0 unspecified atom stereocenters. The van der Waals surface area contributed by atoms with Gasteiger partial charge < -0.3 is 247 Å². The van der Waals surface area contributed by atoms with Gasteiger partial charge in [-0.25, -0.2) is 0 Å². The number of rotatable bonds is 16. The van der Waals surface area contributed by atoms with Gasteiger partial charge in [0.15, 0.2) is 0 Å². The molecule has 0 aromatic heterocycles. The first-order chi connectivity index (χ1) is 31.2. The number of amides is 4. The van der Waals surface area contributed by atoms with Gasteiger partial charge in [0, 0.05) is 28.2 Å². The van der Waals surface area contributed by atoms with Gasteiger partial charge in [-0.3, -0.25) is 19.2 Å². The van der Waals surface area contributed by atoms with E-state index in [9.17, 15) is 19.2 Å². The van der Waals surface area contributed by atoms with E-state index in [4.69, 9.17) is 68.8 Å². The second-order valence-corrected chi connectivity index (χ2v) is 14.1. The Morgan fingerprint density at radius 1 is 0.306 bits per heavy atom. The number of likely N-dealkylation sites (N-methyl/N-ethyl adjacent to an activating group) is 4. The Balaban J connectivity index is -0.0000000251. The van der Waals surface area contributed by atoms with Crippen molar-refractivity contribution >= 4 is 175 Å². The van der Waals surface area contributed by atoms with Crippen molar-refractivity contribution in [2.75, 3.05) is 157 Å². The third-order valence-electron chi connectivity index (χ3n) is 3.99. The summed E-state index contributed by atoms with van der Waals surface area (Å²) in [6.07, 6.45) is 0. The van der Waals surface area contributed by atoms with Gasteiger partial charge in [0.1, 0.15) is 0 Å². The minimum absolute atomic E-state index is 0. The van der Waals surface area contributed by atoms with Gasteiger partial charge >= 0.3 is 111 Å². The summed E-state index contributed by atoms with van der Waals surface area (Å²) in [5.41, 5.74) is 64.7. The van der Waals surface area contributed by atoms with E-state index in [1.54, 1.807) is 0 Å². The van der Waals surface area contributed by atoms with Gasteiger partial charge in [0.25, 0.3) is 0 Å². The van der Waals surface area contributed by atoms with Crippen LogP contribution in [-0.2, 0) is 282 Å². The molecule has 0 rings (SSSR count). The number of carbonyl (C=O) groups excluding carboxylic acids is 4. The van der Waals surface area contributed by atoms with Gasteiger partial charge in [-0.2, -0.15) is 69.0 Å². The summed E-state index contributed by atoms with van der Waals surface area (Å²) in [5.74, 6) is 5.78. The maximum Gasteiger partial charge on any atom is 3.00 e. The Labute approximate surface area is 575 Å². The summed E-state index contributed by atoms with van der Waals surface area (Å²) >= 11 is 53.6. The normalized spacial score (nSPS) is 9.14. The topological polar surface area (TPSA) is 455 Å². The number of nitrogens with one attached hydrogen (secondary N) is 4. The van der Waals surface area contributed by atoms with Crippen molar-refractivity contribution in [1.82, 2.24) is 21.3 Å². The average Bonchev–Trinajstić information content (AvgIpc) is 3.40. The molecule has 21 nitrogen and oxygen atoms in total. The fourth-order valence-corrected chi connectivity index (χ4v) is 1.65. The summed E-state index contributed by atoms with van der Waals surface area (Å²) in [5, 5.41) is 9.54. The Bertz CT molecular complexity index is 688. The quantitative estimate of drug-likeness (QED) is 0.0504. The fraction of sp³-hybridized carbons (Fsp3) is 0.879. The Hall–Kier alpha value is 5.07. The Morgan fingerprint density at radius 2 is 0.375 bits per heavy atom. The van der Waals surface area contributed by atoms with Crippen LogP contribution in [0.5, 0.6) is 0 Å². The summed E-state index contributed by atoms with van der Waals surface area (Å²) in [4.78, 5) is 41.8. The number of hydrogen-bond donors (Lipinski definition) is 17. The van der Waals surface area contributed by atoms with Crippen molar-refractivity contribution in [3.05, 3.63) is 0 Å². The summed E-state index contributed by atoms with van der Waals surface area (Å²) in [6, 6.07) is -2.07. The van der Waals surface area contributed by atoms with E-state index in [0.717, 1.165) is 0 Å². The van der Waals surface area contributed by atoms with Crippen LogP contribution < -0.4 is 95.8 Å². The van der Waals surface area contributed by atoms with E-state index in [1.165, 1.54) is 35.2 Å². The minimum Gasteiger partial charge on any atom is -0.791 e. The van der Waals surface area contributed by atoms with Crippen LogP contribution >= 0.6 is 0 Å². The molecular weight excluding hydrogens is 1610 g/mol. The van der Waals surface area contributed by atoms with E-state index >= 15 is 0 Å². The SMILES string of the molecule is CN.CNC(=O)[C@@H](N)C[S-].CNC(=O)[C@@H](N)C[S-].CNC(=O)[C@@H](N)C[S-].CNC(=O)[C@@H](N)C[S-].NCC[S-].NCC[S-].NCC[S-].NCC[S-].NCC[S-].NCC[S-].NCC[S-].NCC[S-].[Co+3].[Co+3].[Rh+3].[Rh+3].[Rh+3].[Rh+3]. The molecule has 30 N–H and O–H groups in total. The van der Waals surface area contributed by atoms with Gasteiger partial charge in [-0.05, 0) is 59.4 Å². The number of carbonyl (C=O) groups is 4. The molecule has 0 saturated carbocycles. The van der Waals surface area contributed by atoms with Crippen molar-refractivity contribution in [1.29, 1.82) is 0 Å².